The van der Waals surface area contributed by atoms with Gasteiger partial charge in [0, 0.05) is 17.6 Å². The van der Waals surface area contributed by atoms with E-state index in [9.17, 15) is 8.42 Å². The lowest BCUT2D eigenvalue weighted by atomic mass is 9.96. The number of nitrogens with zero attached hydrogens (tertiary/aromatic N) is 2. The third-order valence-corrected chi connectivity index (χ3v) is 8.67. The number of hydrogen-bond acceptors (Lipinski definition) is 5. The number of rotatable bonds is 7. The number of sulfonamides is 1. The number of aryl methyl sites for hydroxylation is 1. The van der Waals surface area contributed by atoms with Gasteiger partial charge >= 0.3 is 0 Å². The van der Waals surface area contributed by atoms with Gasteiger partial charge in [0.2, 0.25) is 5.95 Å². The fourth-order valence-corrected chi connectivity index (χ4v) is 6.44. The number of nitrogens with one attached hydrogen (secondary N) is 2. The first kappa shape index (κ1) is 26.3. The largest absolute Gasteiger partial charge is 0.351 e. The average molecular weight is 557 g/mol. The number of benzene rings is 3. The molecule has 0 spiro atoms. The molecule has 1 aromatic heterocycles. The molecule has 3 aromatic carbocycles. The molecule has 1 aliphatic carbocycles. The summed E-state index contributed by atoms with van der Waals surface area (Å²) in [5.41, 5.74) is 1.77. The van der Waals surface area contributed by atoms with E-state index in [1.165, 1.54) is 37.5 Å². The van der Waals surface area contributed by atoms with Crippen LogP contribution >= 0.6 is 11.6 Å². The van der Waals surface area contributed by atoms with Crippen molar-refractivity contribution in [1.82, 2.24) is 9.97 Å². The zero-order valence-electron chi connectivity index (χ0n) is 20.8. The highest BCUT2D eigenvalue weighted by molar-refractivity contribution is 7.92. The molecule has 1 heterocycles. The lowest BCUT2D eigenvalue weighted by molar-refractivity contribution is 0.461. The molecule has 10 heteroatoms. The van der Waals surface area contributed by atoms with Crippen molar-refractivity contribution in [2.24, 2.45) is 0 Å². The second kappa shape index (κ2) is 10.8. The van der Waals surface area contributed by atoms with Crippen LogP contribution in [-0.2, 0) is 16.4 Å². The molecule has 0 unspecified atom stereocenters. The molecular formula is C28H27ClF2N4O2S. The van der Waals surface area contributed by atoms with E-state index in [1.54, 1.807) is 18.3 Å². The Bertz CT molecular complexity index is 1590. The van der Waals surface area contributed by atoms with Crippen LogP contribution in [0.15, 0.2) is 59.6 Å². The smallest absolute Gasteiger partial charge is 0.263 e. The van der Waals surface area contributed by atoms with Crippen molar-refractivity contribution in [3.05, 3.63) is 76.9 Å². The maximum absolute atomic E-state index is 15.1. The molecule has 0 saturated heterocycles. The van der Waals surface area contributed by atoms with E-state index in [0.29, 0.717) is 24.0 Å². The highest BCUT2D eigenvalue weighted by atomic mass is 35.5. The highest BCUT2D eigenvalue weighted by Crippen LogP contribution is 2.33. The van der Waals surface area contributed by atoms with Crippen LogP contribution in [-0.4, -0.2) is 24.4 Å². The third-order valence-electron chi connectivity index (χ3n) is 6.82. The lowest BCUT2D eigenvalue weighted by Crippen LogP contribution is -2.23. The molecule has 1 aliphatic rings. The monoisotopic (exact) mass is 556 g/mol. The van der Waals surface area contributed by atoms with Crippen molar-refractivity contribution >= 4 is 44.2 Å². The van der Waals surface area contributed by atoms with Gasteiger partial charge in [-0.2, -0.15) is 0 Å². The number of halogens is 3. The van der Waals surface area contributed by atoms with Crippen LogP contribution in [0.1, 0.15) is 44.6 Å². The summed E-state index contributed by atoms with van der Waals surface area (Å²) in [5, 5.41) is 4.13. The molecule has 2 N–H and O–H groups in total. The normalized spacial score (nSPS) is 14.5. The van der Waals surface area contributed by atoms with E-state index in [4.69, 9.17) is 16.6 Å². The quantitative estimate of drug-likeness (QED) is 0.249. The van der Waals surface area contributed by atoms with Gasteiger partial charge in [0.25, 0.3) is 10.0 Å². The zero-order valence-corrected chi connectivity index (χ0v) is 22.3. The van der Waals surface area contributed by atoms with Crippen molar-refractivity contribution in [3.63, 3.8) is 0 Å². The highest BCUT2D eigenvalue weighted by Gasteiger charge is 2.23. The van der Waals surface area contributed by atoms with E-state index in [2.05, 4.69) is 10.3 Å². The standard InChI is InChI=1S/C28H27ClF2N4O2S/c1-2-17-12-18(13-20-16-32-28(34-26(17)20)33-21-8-4-3-5-9-21)19-14-23(30)27(24(31)15-19)35-38(36,37)25-11-7-6-10-22(25)29/h6-7,10-16,21,35H,2-5,8-9H2,1H3,(H,32,33,34). The zero-order chi connectivity index (χ0) is 26.9. The van der Waals surface area contributed by atoms with Crippen LogP contribution < -0.4 is 10.0 Å². The first-order valence-electron chi connectivity index (χ1n) is 12.6. The Morgan fingerprint density at radius 3 is 2.37 bits per heavy atom. The Hall–Kier alpha value is -3.30. The van der Waals surface area contributed by atoms with Crippen LogP contribution in [0.4, 0.5) is 20.4 Å². The molecule has 0 amide bonds. The second-order valence-electron chi connectivity index (χ2n) is 9.45. The summed E-state index contributed by atoms with van der Waals surface area (Å²) in [7, 11) is -4.31. The average Bonchev–Trinajstić information content (AvgIpc) is 2.90. The summed E-state index contributed by atoms with van der Waals surface area (Å²) in [5.74, 6) is -1.51. The number of fused-ring (bicyclic) bond motifs is 1. The summed E-state index contributed by atoms with van der Waals surface area (Å²) in [4.78, 5) is 8.95. The Morgan fingerprint density at radius 2 is 1.68 bits per heavy atom. The first-order valence-corrected chi connectivity index (χ1v) is 14.4. The van der Waals surface area contributed by atoms with Gasteiger partial charge in [0.05, 0.1) is 10.5 Å². The summed E-state index contributed by atoms with van der Waals surface area (Å²) >= 11 is 5.97. The maximum Gasteiger partial charge on any atom is 0.263 e. The minimum Gasteiger partial charge on any atom is -0.351 e. The minimum atomic E-state index is -4.31. The molecule has 0 atom stereocenters. The van der Waals surface area contributed by atoms with E-state index >= 15 is 8.78 Å². The van der Waals surface area contributed by atoms with Crippen molar-refractivity contribution in [2.75, 3.05) is 10.0 Å². The minimum absolute atomic E-state index is 0.0555. The molecule has 4 aromatic rings. The topological polar surface area (TPSA) is 84.0 Å². The number of hydrogen-bond donors (Lipinski definition) is 2. The van der Waals surface area contributed by atoms with Crippen molar-refractivity contribution in [1.29, 1.82) is 0 Å². The van der Waals surface area contributed by atoms with E-state index in [1.807, 2.05) is 17.7 Å². The van der Waals surface area contributed by atoms with Gasteiger partial charge in [-0.25, -0.2) is 27.2 Å². The molecule has 0 bridgehead atoms. The van der Waals surface area contributed by atoms with Gasteiger partial charge in [0.1, 0.15) is 10.6 Å². The summed E-state index contributed by atoms with van der Waals surface area (Å²) in [6.45, 7) is 1.99. The third kappa shape index (κ3) is 5.44. The van der Waals surface area contributed by atoms with Crippen molar-refractivity contribution in [3.8, 4) is 11.1 Å². The van der Waals surface area contributed by atoms with Gasteiger partial charge in [0.15, 0.2) is 11.6 Å². The maximum atomic E-state index is 15.1. The molecule has 38 heavy (non-hydrogen) atoms. The first-order chi connectivity index (χ1) is 18.2. The van der Waals surface area contributed by atoms with E-state index in [-0.39, 0.29) is 15.5 Å². The Balaban J connectivity index is 1.46. The molecule has 1 saturated carbocycles. The predicted octanol–water partition coefficient (Wildman–Crippen LogP) is 7.34. The lowest BCUT2D eigenvalue weighted by Gasteiger charge is -2.22. The van der Waals surface area contributed by atoms with E-state index < -0.39 is 27.3 Å². The van der Waals surface area contributed by atoms with Crippen LogP contribution in [0, 0.1) is 11.6 Å². The molecule has 5 rings (SSSR count). The van der Waals surface area contributed by atoms with Crippen LogP contribution in [0.2, 0.25) is 5.02 Å². The second-order valence-corrected chi connectivity index (χ2v) is 11.5. The Labute approximate surface area is 225 Å². The summed E-state index contributed by atoms with van der Waals surface area (Å²) in [6, 6.07) is 11.9. The molecule has 6 nitrogen and oxygen atoms in total. The van der Waals surface area contributed by atoms with Crippen LogP contribution in [0.3, 0.4) is 0 Å². The van der Waals surface area contributed by atoms with Crippen LogP contribution in [0.5, 0.6) is 0 Å². The SMILES string of the molecule is CCc1cc(-c2cc(F)c(NS(=O)(=O)c3ccccc3Cl)c(F)c2)cc2cnc(NC3CCCCC3)nc12. The predicted molar refractivity (Wildman–Crippen MR) is 147 cm³/mol. The fourth-order valence-electron chi connectivity index (χ4n) is 4.84. The fraction of sp³-hybridized carbons (Fsp3) is 0.286. The number of aromatic nitrogens is 2. The molecule has 0 aliphatic heterocycles. The molecule has 198 valence electrons. The molecule has 0 radical (unpaired) electrons. The summed E-state index contributed by atoms with van der Waals surface area (Å²) < 4.78 is 57.6. The van der Waals surface area contributed by atoms with Gasteiger partial charge in [-0.15, -0.1) is 0 Å². The van der Waals surface area contributed by atoms with Gasteiger partial charge in [-0.3, -0.25) is 4.72 Å². The van der Waals surface area contributed by atoms with Gasteiger partial charge in [-0.1, -0.05) is 49.9 Å². The van der Waals surface area contributed by atoms with Crippen molar-refractivity contribution in [2.45, 2.75) is 56.4 Å². The Kier molecular flexibility index (Phi) is 7.49. The molecule has 1 fully saturated rings. The van der Waals surface area contributed by atoms with E-state index in [0.717, 1.165) is 41.4 Å². The number of anilines is 2. The Morgan fingerprint density at radius 1 is 1.00 bits per heavy atom. The molecular weight excluding hydrogens is 530 g/mol. The van der Waals surface area contributed by atoms with Gasteiger partial charge < -0.3 is 5.32 Å². The van der Waals surface area contributed by atoms with Crippen molar-refractivity contribution < 1.29 is 17.2 Å². The van der Waals surface area contributed by atoms with Gasteiger partial charge in [-0.05, 0) is 72.4 Å². The summed E-state index contributed by atoms with van der Waals surface area (Å²) in [6.07, 6.45) is 8.23. The van der Waals surface area contributed by atoms with Crippen LogP contribution in [0.25, 0.3) is 22.0 Å².